The van der Waals surface area contributed by atoms with Crippen LogP contribution in [0.1, 0.15) is 5.56 Å². The Hall–Kier alpha value is -1.69. The molecule has 1 N–H and O–H groups in total. The van der Waals surface area contributed by atoms with Gasteiger partial charge in [-0.15, -0.1) is 5.26 Å². The fraction of sp³-hybridized carbons (Fsp3) is 0.125. The Morgan fingerprint density at radius 2 is 2.27 bits per heavy atom. The molecule has 1 aromatic carbocycles. The predicted octanol–water partition coefficient (Wildman–Crippen LogP) is 1.56. The lowest BCUT2D eigenvalue weighted by molar-refractivity contribution is 0.419. The van der Waals surface area contributed by atoms with E-state index in [1.807, 2.05) is 0 Å². The molecule has 0 aliphatic heterocycles. The summed E-state index contributed by atoms with van der Waals surface area (Å²) in [6.45, 7) is 1.76. The molecular formula is C8H7NO2. The smallest absolute Gasteiger partial charge is 0.292 e. The van der Waals surface area contributed by atoms with Gasteiger partial charge in [-0.2, -0.15) is 0 Å². The molecule has 0 heterocycles. The van der Waals surface area contributed by atoms with Gasteiger partial charge in [-0.3, -0.25) is 0 Å². The van der Waals surface area contributed by atoms with Crippen molar-refractivity contribution in [2.75, 3.05) is 0 Å². The van der Waals surface area contributed by atoms with Crippen molar-refractivity contribution in [2.24, 2.45) is 0 Å². The Bertz CT molecular complexity index is 281. The second kappa shape index (κ2) is 2.93. The summed E-state index contributed by atoms with van der Waals surface area (Å²) in [5.74, 6) is 0.224. The van der Waals surface area contributed by atoms with E-state index >= 15 is 0 Å². The van der Waals surface area contributed by atoms with Crippen LogP contribution in [0.5, 0.6) is 11.5 Å². The van der Waals surface area contributed by atoms with Crippen LogP contribution in [-0.4, -0.2) is 5.11 Å². The summed E-state index contributed by atoms with van der Waals surface area (Å²) in [5.41, 5.74) is 0.742. The van der Waals surface area contributed by atoms with E-state index in [-0.39, 0.29) is 11.5 Å². The fourth-order valence-electron chi connectivity index (χ4n) is 0.815. The van der Waals surface area contributed by atoms with Crippen LogP contribution in [0.4, 0.5) is 0 Å². The summed E-state index contributed by atoms with van der Waals surface area (Å²) in [5, 5.41) is 17.3. The number of phenols is 1. The number of benzene rings is 1. The average Bonchev–Trinajstić information content (AvgIpc) is 1.97. The standard InChI is InChI=1S/C8H7NO2/c1-6-3-2-4-7(10)8(6)11-5-9/h2-4,10H,1H3. The number of hydrogen-bond donors (Lipinski definition) is 1. The number of para-hydroxylation sites is 1. The Balaban J connectivity index is 3.12. The van der Waals surface area contributed by atoms with Crippen LogP contribution < -0.4 is 4.74 Å². The molecule has 56 valence electrons. The predicted molar refractivity (Wildman–Crippen MR) is 39.1 cm³/mol. The first-order valence-corrected chi connectivity index (χ1v) is 3.10. The molecule has 0 saturated heterocycles. The zero-order valence-electron chi connectivity index (χ0n) is 6.03. The Morgan fingerprint density at radius 1 is 1.55 bits per heavy atom. The van der Waals surface area contributed by atoms with Crippen molar-refractivity contribution in [3.8, 4) is 17.8 Å². The third-order valence-electron chi connectivity index (χ3n) is 1.34. The summed E-state index contributed by atoms with van der Waals surface area (Å²) in [7, 11) is 0. The van der Waals surface area contributed by atoms with Gasteiger partial charge in [0, 0.05) is 0 Å². The van der Waals surface area contributed by atoms with Crippen LogP contribution in [0.3, 0.4) is 0 Å². The van der Waals surface area contributed by atoms with Crippen molar-refractivity contribution >= 4 is 0 Å². The fourth-order valence-corrected chi connectivity index (χ4v) is 0.815. The number of nitriles is 1. The normalized spacial score (nSPS) is 8.73. The summed E-state index contributed by atoms with van der Waals surface area (Å²) in [4.78, 5) is 0. The maximum Gasteiger partial charge on any atom is 0.292 e. The van der Waals surface area contributed by atoms with Gasteiger partial charge in [0.15, 0.2) is 11.5 Å². The molecule has 1 aromatic rings. The van der Waals surface area contributed by atoms with Crippen molar-refractivity contribution < 1.29 is 9.84 Å². The van der Waals surface area contributed by atoms with E-state index in [1.54, 1.807) is 19.1 Å². The maximum absolute atomic E-state index is 9.15. The maximum atomic E-state index is 9.15. The number of phenolic OH excluding ortho intramolecular Hbond substituents is 1. The molecule has 0 saturated carbocycles. The van der Waals surface area contributed by atoms with Crippen molar-refractivity contribution in [2.45, 2.75) is 6.92 Å². The molecule has 0 atom stereocenters. The highest BCUT2D eigenvalue weighted by atomic mass is 16.5. The van der Waals surface area contributed by atoms with Crippen LogP contribution in [-0.2, 0) is 0 Å². The first-order chi connectivity index (χ1) is 5.25. The van der Waals surface area contributed by atoms with Crippen LogP contribution in [0.25, 0.3) is 0 Å². The molecule has 0 aliphatic carbocycles. The van der Waals surface area contributed by atoms with E-state index in [9.17, 15) is 0 Å². The van der Waals surface area contributed by atoms with Crippen molar-refractivity contribution in [3.63, 3.8) is 0 Å². The molecule has 1 rings (SSSR count). The Labute approximate surface area is 64.5 Å². The van der Waals surface area contributed by atoms with Crippen molar-refractivity contribution in [3.05, 3.63) is 23.8 Å². The minimum absolute atomic E-state index is 0.00782. The number of hydrogen-bond acceptors (Lipinski definition) is 3. The van der Waals surface area contributed by atoms with Crippen LogP contribution in [0.15, 0.2) is 18.2 Å². The van der Waals surface area contributed by atoms with Gasteiger partial charge in [0.05, 0.1) is 0 Å². The van der Waals surface area contributed by atoms with E-state index in [1.165, 1.54) is 12.3 Å². The lowest BCUT2D eigenvalue weighted by atomic mass is 10.2. The van der Waals surface area contributed by atoms with Crippen LogP contribution in [0.2, 0.25) is 0 Å². The first kappa shape index (κ1) is 7.42. The number of nitrogens with zero attached hydrogens (tertiary/aromatic N) is 1. The summed E-state index contributed by atoms with van der Waals surface area (Å²) in [6.07, 6.45) is 1.51. The molecule has 0 aromatic heterocycles. The molecule has 0 bridgehead atoms. The lowest BCUT2D eigenvalue weighted by Gasteiger charge is -2.01. The highest BCUT2D eigenvalue weighted by molar-refractivity contribution is 5.45. The minimum Gasteiger partial charge on any atom is -0.504 e. The Kier molecular flexibility index (Phi) is 1.98. The highest BCUT2D eigenvalue weighted by Gasteiger charge is 2.03. The Morgan fingerprint density at radius 3 is 2.82 bits per heavy atom. The summed E-state index contributed by atoms with van der Waals surface area (Å²) >= 11 is 0. The zero-order valence-corrected chi connectivity index (χ0v) is 6.03. The second-order valence-corrected chi connectivity index (χ2v) is 2.12. The van der Waals surface area contributed by atoms with E-state index < -0.39 is 0 Å². The topological polar surface area (TPSA) is 53.2 Å². The molecule has 0 unspecified atom stereocenters. The third-order valence-corrected chi connectivity index (χ3v) is 1.34. The summed E-state index contributed by atoms with van der Waals surface area (Å²) < 4.78 is 4.52. The molecule has 11 heavy (non-hydrogen) atoms. The quantitative estimate of drug-likeness (QED) is 0.616. The van der Waals surface area contributed by atoms with E-state index in [2.05, 4.69) is 4.74 Å². The molecule has 0 fully saturated rings. The monoisotopic (exact) mass is 149 g/mol. The van der Waals surface area contributed by atoms with E-state index in [0.717, 1.165) is 5.56 Å². The van der Waals surface area contributed by atoms with Crippen molar-refractivity contribution in [1.82, 2.24) is 0 Å². The molecule has 0 amide bonds. The largest absolute Gasteiger partial charge is 0.504 e. The summed E-state index contributed by atoms with van der Waals surface area (Å²) in [6, 6.07) is 4.92. The number of ether oxygens (including phenoxy) is 1. The van der Waals surface area contributed by atoms with Gasteiger partial charge < -0.3 is 9.84 Å². The van der Waals surface area contributed by atoms with Gasteiger partial charge in [-0.05, 0) is 18.6 Å². The van der Waals surface area contributed by atoms with Gasteiger partial charge in [0.25, 0.3) is 6.26 Å². The van der Waals surface area contributed by atoms with E-state index in [4.69, 9.17) is 10.4 Å². The molecular weight excluding hydrogens is 142 g/mol. The van der Waals surface area contributed by atoms with Crippen molar-refractivity contribution in [1.29, 1.82) is 5.26 Å². The molecule has 0 aliphatic rings. The first-order valence-electron chi connectivity index (χ1n) is 3.10. The SMILES string of the molecule is Cc1cccc(O)c1OC#N. The molecule has 3 heteroatoms. The van der Waals surface area contributed by atoms with Gasteiger partial charge in [-0.1, -0.05) is 12.1 Å². The van der Waals surface area contributed by atoms with E-state index in [0.29, 0.717) is 0 Å². The molecule has 3 nitrogen and oxygen atoms in total. The van der Waals surface area contributed by atoms with Gasteiger partial charge in [0.2, 0.25) is 0 Å². The van der Waals surface area contributed by atoms with Crippen LogP contribution in [0, 0.1) is 18.4 Å². The minimum atomic E-state index is -0.00782. The lowest BCUT2D eigenvalue weighted by Crippen LogP contribution is -1.85. The van der Waals surface area contributed by atoms with Gasteiger partial charge >= 0.3 is 0 Å². The number of aromatic hydroxyl groups is 1. The van der Waals surface area contributed by atoms with Crippen LogP contribution >= 0.6 is 0 Å². The van der Waals surface area contributed by atoms with Gasteiger partial charge in [-0.25, -0.2) is 0 Å². The number of aryl methyl sites for hydroxylation is 1. The molecule has 0 spiro atoms. The molecule has 0 radical (unpaired) electrons. The second-order valence-electron chi connectivity index (χ2n) is 2.12. The number of rotatable bonds is 1. The highest BCUT2D eigenvalue weighted by Crippen LogP contribution is 2.28. The third kappa shape index (κ3) is 1.41. The average molecular weight is 149 g/mol. The zero-order chi connectivity index (χ0) is 8.27. The van der Waals surface area contributed by atoms with Gasteiger partial charge in [0.1, 0.15) is 0 Å².